The van der Waals surface area contributed by atoms with Gasteiger partial charge in [-0.25, -0.2) is 17.8 Å². The topological polar surface area (TPSA) is 79.8 Å². The number of rotatable bonds is 5. The van der Waals surface area contributed by atoms with Gasteiger partial charge in [0.25, 0.3) is 5.91 Å². The van der Waals surface area contributed by atoms with E-state index in [4.69, 9.17) is 4.74 Å². The van der Waals surface area contributed by atoms with Crippen molar-refractivity contribution in [2.24, 2.45) is 5.92 Å². The molecule has 0 spiro atoms. The Hall–Kier alpha value is -2.47. The molecule has 12 heteroatoms. The molecule has 1 saturated heterocycles. The van der Waals surface area contributed by atoms with Gasteiger partial charge >= 0.3 is 6.18 Å². The van der Waals surface area contributed by atoms with Crippen LogP contribution in [0.4, 0.5) is 23.4 Å². The second-order valence-corrected chi connectivity index (χ2v) is 11.8. The summed E-state index contributed by atoms with van der Waals surface area (Å²) in [6.45, 7) is 0.569. The minimum atomic E-state index is -4.70. The Balaban J connectivity index is 1.62. The predicted octanol–water partition coefficient (Wildman–Crippen LogP) is 3.72. The number of piperazine rings is 1. The first-order valence-electron chi connectivity index (χ1n) is 11.8. The van der Waals surface area contributed by atoms with Crippen LogP contribution in [0.2, 0.25) is 0 Å². The molecule has 2 atom stereocenters. The Kier molecular flexibility index (Phi) is 7.22. The number of carbonyl (C=O) groups excluding carboxylic acids is 1. The molecule has 198 valence electrons. The van der Waals surface area contributed by atoms with E-state index in [0.29, 0.717) is 12.3 Å². The first-order valence-corrected chi connectivity index (χ1v) is 13.7. The van der Waals surface area contributed by atoms with Crippen molar-refractivity contribution in [1.82, 2.24) is 9.88 Å². The Bertz CT molecular complexity index is 1180. The number of anilines is 1. The number of pyridine rings is 1. The van der Waals surface area contributed by atoms with Gasteiger partial charge in [-0.2, -0.15) is 13.2 Å². The number of amides is 1. The molecule has 2 unspecified atom stereocenters. The number of alkyl halides is 3. The van der Waals surface area contributed by atoms with Crippen LogP contribution in [0.5, 0.6) is 0 Å². The Morgan fingerprint density at radius 1 is 1.22 bits per heavy atom. The number of sulfone groups is 1. The number of hydrogen-bond acceptors (Lipinski definition) is 6. The van der Waals surface area contributed by atoms with Gasteiger partial charge < -0.3 is 14.5 Å². The highest BCUT2D eigenvalue weighted by Crippen LogP contribution is 2.37. The van der Waals surface area contributed by atoms with Crippen molar-refractivity contribution in [2.75, 3.05) is 37.9 Å². The molecule has 36 heavy (non-hydrogen) atoms. The second kappa shape index (κ2) is 9.77. The maximum Gasteiger partial charge on any atom is 0.417 e. The third-order valence-corrected chi connectivity index (χ3v) is 9.07. The number of carbonyl (C=O) groups is 1. The van der Waals surface area contributed by atoms with E-state index in [1.807, 2.05) is 0 Å². The third-order valence-electron chi connectivity index (χ3n) is 7.37. The standard InChI is InChI=1S/C24H29F4N3O4S/c1-35-23(36(2,33)34)9-5-8-17(13-23)22(32)31-11-10-30(15-20(31)16-6-3-4-7-16)21-19(25)12-18(14-29-21)24(26,27)28/h5,8,12-14,16,20H,3-4,6-7,9-11,15H2,1-2H3. The predicted molar refractivity (Wildman–Crippen MR) is 125 cm³/mol. The fourth-order valence-electron chi connectivity index (χ4n) is 5.36. The number of hydrogen-bond donors (Lipinski definition) is 0. The van der Waals surface area contributed by atoms with E-state index in [9.17, 15) is 30.8 Å². The number of methoxy groups -OCH3 is 1. The third kappa shape index (κ3) is 5.02. The highest BCUT2D eigenvalue weighted by atomic mass is 32.2. The van der Waals surface area contributed by atoms with Gasteiger partial charge in [-0.1, -0.05) is 25.0 Å². The van der Waals surface area contributed by atoms with E-state index in [1.165, 1.54) is 13.2 Å². The highest BCUT2D eigenvalue weighted by Gasteiger charge is 2.43. The van der Waals surface area contributed by atoms with Gasteiger partial charge in [0, 0.05) is 51.2 Å². The summed E-state index contributed by atoms with van der Waals surface area (Å²) < 4.78 is 83.7. The fraction of sp³-hybridized carbons (Fsp3) is 0.583. The lowest BCUT2D eigenvalue weighted by atomic mass is 9.92. The van der Waals surface area contributed by atoms with Crippen LogP contribution in [0.25, 0.3) is 0 Å². The smallest absolute Gasteiger partial charge is 0.358 e. The zero-order chi connectivity index (χ0) is 26.3. The van der Waals surface area contributed by atoms with Crippen molar-refractivity contribution in [2.45, 2.75) is 49.3 Å². The highest BCUT2D eigenvalue weighted by molar-refractivity contribution is 7.92. The molecule has 7 nitrogen and oxygen atoms in total. The van der Waals surface area contributed by atoms with E-state index in [-0.39, 0.29) is 55.3 Å². The van der Waals surface area contributed by atoms with Gasteiger partial charge in [-0.05, 0) is 30.9 Å². The molecule has 4 rings (SSSR count). The lowest BCUT2D eigenvalue weighted by molar-refractivity contribution is -0.138. The van der Waals surface area contributed by atoms with Crippen LogP contribution in [-0.4, -0.2) is 68.2 Å². The maximum absolute atomic E-state index is 14.7. The lowest BCUT2D eigenvalue weighted by Crippen LogP contribution is -2.58. The van der Waals surface area contributed by atoms with E-state index < -0.39 is 32.3 Å². The van der Waals surface area contributed by atoms with Crippen LogP contribution in [0.1, 0.15) is 37.7 Å². The molecular formula is C24H29F4N3O4S. The van der Waals surface area contributed by atoms with Crippen LogP contribution in [0.3, 0.4) is 0 Å². The molecule has 1 saturated carbocycles. The minimum absolute atomic E-state index is 0.0812. The molecular weight excluding hydrogens is 502 g/mol. The number of aromatic nitrogens is 1. The summed E-state index contributed by atoms with van der Waals surface area (Å²) >= 11 is 0. The summed E-state index contributed by atoms with van der Waals surface area (Å²) in [7, 11) is -2.40. The second-order valence-electron chi connectivity index (χ2n) is 9.58. The Morgan fingerprint density at radius 3 is 2.50 bits per heavy atom. The molecule has 2 aliphatic carbocycles. The SMILES string of the molecule is COC1(S(C)(=O)=O)C=C(C(=O)N2CCN(c3ncc(C(F)(F)F)cc3F)CC2C2CCCC2)C=CC1. The normalized spacial score (nSPS) is 25.8. The lowest BCUT2D eigenvalue weighted by Gasteiger charge is -2.45. The van der Waals surface area contributed by atoms with E-state index in [1.54, 1.807) is 22.0 Å². The van der Waals surface area contributed by atoms with Crippen molar-refractivity contribution in [3.63, 3.8) is 0 Å². The van der Waals surface area contributed by atoms with Crippen molar-refractivity contribution < 1.29 is 35.5 Å². The summed E-state index contributed by atoms with van der Waals surface area (Å²) in [6, 6.07) is 0.112. The van der Waals surface area contributed by atoms with Crippen LogP contribution in [-0.2, 0) is 25.5 Å². The van der Waals surface area contributed by atoms with Crippen molar-refractivity contribution in [3.05, 3.63) is 47.4 Å². The van der Waals surface area contributed by atoms with Crippen LogP contribution in [0, 0.1) is 11.7 Å². The summed E-state index contributed by atoms with van der Waals surface area (Å²) in [5, 5.41) is 0. The number of nitrogens with zero attached hydrogens (tertiary/aromatic N) is 3. The molecule has 3 aliphatic rings. The first-order chi connectivity index (χ1) is 16.9. The van der Waals surface area contributed by atoms with Crippen molar-refractivity contribution in [1.29, 1.82) is 0 Å². The molecule has 1 aliphatic heterocycles. The molecule has 1 aromatic rings. The summed E-state index contributed by atoms with van der Waals surface area (Å²) in [6.07, 6.45) is 5.29. The monoisotopic (exact) mass is 531 g/mol. The zero-order valence-corrected chi connectivity index (χ0v) is 20.9. The zero-order valence-electron chi connectivity index (χ0n) is 20.1. The van der Waals surface area contributed by atoms with Crippen LogP contribution in [0.15, 0.2) is 36.1 Å². The van der Waals surface area contributed by atoms with Crippen LogP contribution < -0.4 is 4.90 Å². The molecule has 0 N–H and O–H groups in total. The summed E-state index contributed by atoms with van der Waals surface area (Å²) in [4.78, 5) is 19.0. The molecule has 0 aromatic carbocycles. The van der Waals surface area contributed by atoms with E-state index in [2.05, 4.69) is 4.98 Å². The quantitative estimate of drug-likeness (QED) is 0.539. The fourth-order valence-corrected chi connectivity index (χ4v) is 6.41. The number of ether oxygens (including phenoxy) is 1. The van der Waals surface area contributed by atoms with E-state index in [0.717, 1.165) is 31.9 Å². The van der Waals surface area contributed by atoms with E-state index >= 15 is 0 Å². The largest absolute Gasteiger partial charge is 0.417 e. The van der Waals surface area contributed by atoms with Crippen LogP contribution >= 0.6 is 0 Å². The summed E-state index contributed by atoms with van der Waals surface area (Å²) in [5.41, 5.74) is -0.961. The van der Waals surface area contributed by atoms with Crippen molar-refractivity contribution in [3.8, 4) is 0 Å². The first kappa shape index (κ1) is 26.6. The Labute approximate surface area is 207 Å². The van der Waals surface area contributed by atoms with Gasteiger partial charge in [-0.15, -0.1) is 0 Å². The molecule has 0 bridgehead atoms. The minimum Gasteiger partial charge on any atom is -0.358 e. The molecule has 2 heterocycles. The van der Waals surface area contributed by atoms with Gasteiger partial charge in [0.15, 0.2) is 26.4 Å². The number of halogens is 4. The molecule has 1 amide bonds. The van der Waals surface area contributed by atoms with Crippen molar-refractivity contribution >= 4 is 21.6 Å². The van der Waals surface area contributed by atoms with Gasteiger partial charge in [0.2, 0.25) is 0 Å². The van der Waals surface area contributed by atoms with Gasteiger partial charge in [-0.3, -0.25) is 4.79 Å². The Morgan fingerprint density at radius 2 is 1.92 bits per heavy atom. The summed E-state index contributed by atoms with van der Waals surface area (Å²) in [5.74, 6) is -1.46. The average molecular weight is 532 g/mol. The van der Waals surface area contributed by atoms with Gasteiger partial charge in [0.05, 0.1) is 11.6 Å². The molecule has 0 radical (unpaired) electrons. The maximum atomic E-state index is 14.7. The molecule has 2 fully saturated rings. The molecule has 1 aromatic heterocycles. The van der Waals surface area contributed by atoms with Gasteiger partial charge in [0.1, 0.15) is 0 Å². The average Bonchev–Trinajstić information content (AvgIpc) is 3.37.